The predicted octanol–water partition coefficient (Wildman–Crippen LogP) is 6.37. The molecular weight excluding hydrogens is 339 g/mol. The standard InChI is InChI=1S/C19H27O5P/c1-3-5-7-9-15-11-13-16(14-12-15)17(10-8-6-4-2)21-18-19-23-25(20,22-18)24-19/h11-14,17H,3-10H2,1-2H3. The number of fused-ring (bicyclic) bond motifs is 1. The van der Waals surface area contributed by atoms with Crippen LogP contribution in [0.2, 0.25) is 0 Å². The van der Waals surface area contributed by atoms with E-state index in [9.17, 15) is 4.57 Å². The van der Waals surface area contributed by atoms with Gasteiger partial charge in [0.2, 0.25) is 0 Å². The number of hydrogen-bond acceptors (Lipinski definition) is 5. The molecule has 2 bridgehead atoms. The van der Waals surface area contributed by atoms with Gasteiger partial charge in [0.05, 0.1) is 0 Å². The Balaban J connectivity index is 1.64. The third-order valence-electron chi connectivity index (χ3n) is 4.49. The normalized spacial score (nSPS) is 18.0. The molecule has 6 heteroatoms. The van der Waals surface area contributed by atoms with E-state index in [0.29, 0.717) is 0 Å². The maximum absolute atomic E-state index is 11.7. The summed E-state index contributed by atoms with van der Waals surface area (Å²) >= 11 is 0. The van der Waals surface area contributed by atoms with Gasteiger partial charge in [0, 0.05) is 0 Å². The zero-order valence-corrected chi connectivity index (χ0v) is 15.9. The van der Waals surface area contributed by atoms with Gasteiger partial charge in [0.1, 0.15) is 6.10 Å². The Morgan fingerprint density at radius 2 is 1.64 bits per heavy atom. The van der Waals surface area contributed by atoms with E-state index in [4.69, 9.17) is 18.3 Å². The van der Waals surface area contributed by atoms with E-state index in [1.807, 2.05) is 0 Å². The van der Waals surface area contributed by atoms with Crippen LogP contribution in [0.3, 0.4) is 0 Å². The summed E-state index contributed by atoms with van der Waals surface area (Å²) in [4.78, 5) is 0. The van der Waals surface area contributed by atoms with Crippen LogP contribution in [0.25, 0.3) is 0 Å². The topological polar surface area (TPSA) is 54.0 Å². The maximum Gasteiger partial charge on any atom is 0.654 e. The number of rotatable bonds is 11. The van der Waals surface area contributed by atoms with E-state index in [2.05, 4.69) is 38.1 Å². The van der Waals surface area contributed by atoms with E-state index in [1.165, 1.54) is 24.8 Å². The molecule has 3 aliphatic heterocycles. The Labute approximate surface area is 149 Å². The van der Waals surface area contributed by atoms with Crippen LogP contribution in [0.5, 0.6) is 0 Å². The predicted molar refractivity (Wildman–Crippen MR) is 95.5 cm³/mol. The lowest BCUT2D eigenvalue weighted by Gasteiger charge is -2.18. The number of hydrogen-bond donors (Lipinski definition) is 0. The van der Waals surface area contributed by atoms with Gasteiger partial charge in [-0.15, -0.1) is 0 Å². The van der Waals surface area contributed by atoms with Crippen molar-refractivity contribution in [2.45, 2.75) is 71.3 Å². The molecule has 5 nitrogen and oxygen atoms in total. The van der Waals surface area contributed by atoms with Crippen molar-refractivity contribution < 1.29 is 22.9 Å². The third kappa shape index (κ3) is 4.52. The monoisotopic (exact) mass is 366 g/mol. The van der Waals surface area contributed by atoms with Crippen molar-refractivity contribution in [3.8, 4) is 0 Å². The van der Waals surface area contributed by atoms with Gasteiger partial charge >= 0.3 is 19.7 Å². The number of phosphoric acid groups is 1. The van der Waals surface area contributed by atoms with Gasteiger partial charge in [-0.05, 0) is 36.8 Å². The average Bonchev–Trinajstić information content (AvgIpc) is 3.07. The molecule has 25 heavy (non-hydrogen) atoms. The van der Waals surface area contributed by atoms with Crippen molar-refractivity contribution in [3.63, 3.8) is 0 Å². The number of ether oxygens (including phenoxy) is 1. The highest BCUT2D eigenvalue weighted by atomic mass is 31.2. The van der Waals surface area contributed by atoms with E-state index in [-0.39, 0.29) is 18.0 Å². The Morgan fingerprint density at radius 1 is 0.960 bits per heavy atom. The Kier molecular flexibility index (Phi) is 5.95. The molecule has 0 radical (unpaired) electrons. The van der Waals surface area contributed by atoms with E-state index < -0.39 is 7.82 Å². The first kappa shape index (κ1) is 18.2. The van der Waals surface area contributed by atoms with Gasteiger partial charge in [-0.2, -0.15) is 4.57 Å². The average molecular weight is 366 g/mol. The zero-order valence-electron chi connectivity index (χ0n) is 15.0. The Hall–Kier alpha value is -1.61. The molecule has 1 aromatic carbocycles. The van der Waals surface area contributed by atoms with Crippen molar-refractivity contribution in [1.29, 1.82) is 0 Å². The lowest BCUT2D eigenvalue weighted by Crippen LogP contribution is -2.06. The quantitative estimate of drug-likeness (QED) is 0.336. The minimum atomic E-state index is -3.36. The number of benzene rings is 1. The summed E-state index contributed by atoms with van der Waals surface area (Å²) < 4.78 is 32.6. The van der Waals surface area contributed by atoms with Crippen LogP contribution in [0.4, 0.5) is 0 Å². The molecule has 1 aromatic rings. The van der Waals surface area contributed by atoms with Gasteiger partial charge in [-0.25, -0.2) is 0 Å². The highest BCUT2D eigenvalue weighted by molar-refractivity contribution is 7.50. The molecule has 1 atom stereocenters. The molecular formula is C19H27O5P. The summed E-state index contributed by atoms with van der Waals surface area (Å²) in [6.07, 6.45) is 8.89. The molecule has 3 heterocycles. The molecule has 1 saturated heterocycles. The molecule has 0 spiro atoms. The van der Waals surface area contributed by atoms with Crippen LogP contribution in [-0.4, -0.2) is 0 Å². The smallest absolute Gasteiger partial charge is 0.452 e. The molecule has 0 aromatic heterocycles. The molecule has 138 valence electrons. The second-order valence-corrected chi connectivity index (χ2v) is 8.04. The number of unbranched alkanes of at least 4 members (excludes halogenated alkanes) is 4. The van der Waals surface area contributed by atoms with Gasteiger partial charge in [0.25, 0.3) is 0 Å². The zero-order chi connectivity index (χ0) is 17.7. The maximum atomic E-state index is 11.7. The molecule has 0 amide bonds. The van der Waals surface area contributed by atoms with Crippen LogP contribution in [-0.2, 0) is 29.3 Å². The lowest BCUT2D eigenvalue weighted by molar-refractivity contribution is 0.0408. The van der Waals surface area contributed by atoms with E-state index in [1.54, 1.807) is 0 Å². The fourth-order valence-corrected chi connectivity index (χ4v) is 3.97. The first-order valence-corrected chi connectivity index (χ1v) is 10.8. The molecule has 0 N–H and O–H groups in total. The minimum absolute atomic E-state index is 0.111. The number of aryl methyl sites for hydroxylation is 1. The minimum Gasteiger partial charge on any atom is -0.452 e. The fraction of sp³-hybridized carbons (Fsp3) is 0.579. The van der Waals surface area contributed by atoms with Crippen LogP contribution < -0.4 is 0 Å². The molecule has 0 aliphatic carbocycles. The Morgan fingerprint density at radius 3 is 2.24 bits per heavy atom. The highest BCUT2D eigenvalue weighted by Crippen LogP contribution is 2.70. The fourth-order valence-electron chi connectivity index (χ4n) is 3.01. The second-order valence-electron chi connectivity index (χ2n) is 6.60. The van der Waals surface area contributed by atoms with E-state index >= 15 is 0 Å². The van der Waals surface area contributed by atoms with Crippen molar-refractivity contribution in [1.82, 2.24) is 0 Å². The van der Waals surface area contributed by atoms with Gasteiger partial charge in [-0.1, -0.05) is 63.8 Å². The van der Waals surface area contributed by atoms with Crippen LogP contribution in [0.1, 0.15) is 76.0 Å². The summed E-state index contributed by atoms with van der Waals surface area (Å²) in [6, 6.07) is 8.57. The largest absolute Gasteiger partial charge is 0.654 e. The third-order valence-corrected chi connectivity index (χ3v) is 5.66. The van der Waals surface area contributed by atoms with Crippen molar-refractivity contribution in [2.24, 2.45) is 0 Å². The van der Waals surface area contributed by atoms with Crippen LogP contribution in [0.15, 0.2) is 36.2 Å². The Bertz CT molecular complexity index is 640. The van der Waals surface area contributed by atoms with Crippen molar-refractivity contribution in [3.05, 3.63) is 47.3 Å². The van der Waals surface area contributed by atoms with Crippen LogP contribution in [0, 0.1) is 0 Å². The van der Waals surface area contributed by atoms with Gasteiger partial charge in [0.15, 0.2) is 0 Å². The van der Waals surface area contributed by atoms with Crippen molar-refractivity contribution >= 4 is 7.82 Å². The highest BCUT2D eigenvalue weighted by Gasteiger charge is 2.58. The molecule has 4 rings (SSSR count). The van der Waals surface area contributed by atoms with Crippen molar-refractivity contribution in [2.75, 3.05) is 0 Å². The van der Waals surface area contributed by atoms with Crippen LogP contribution >= 0.6 is 7.82 Å². The van der Waals surface area contributed by atoms with E-state index in [0.717, 1.165) is 37.7 Å². The van der Waals surface area contributed by atoms with Gasteiger partial charge < -0.3 is 18.3 Å². The summed E-state index contributed by atoms with van der Waals surface area (Å²) in [5, 5.41) is 0. The first-order valence-electron chi connectivity index (χ1n) is 9.32. The molecule has 1 fully saturated rings. The lowest BCUT2D eigenvalue weighted by atomic mass is 10.00. The number of phosphoric ester groups is 1. The second kappa shape index (κ2) is 8.18. The molecule has 3 aliphatic rings. The summed E-state index contributed by atoms with van der Waals surface area (Å²) in [6.45, 7) is 4.39. The summed E-state index contributed by atoms with van der Waals surface area (Å²) in [5.41, 5.74) is 2.44. The molecule has 1 unspecified atom stereocenters. The first-order chi connectivity index (χ1) is 12.1. The molecule has 0 saturated carbocycles. The van der Waals surface area contributed by atoms with Gasteiger partial charge in [-0.3, -0.25) is 0 Å². The SMILES string of the molecule is CCCCCc1ccc(C(CCCCC)OC2=C3OP(=O)(O2)O3)cc1. The summed E-state index contributed by atoms with van der Waals surface area (Å²) in [5.74, 6) is 0.233. The summed E-state index contributed by atoms with van der Waals surface area (Å²) in [7, 11) is -3.36.